The Hall–Kier alpha value is -1.30. The quantitative estimate of drug-likeness (QED) is 0.663. The molecular weight excluding hydrogens is 274 g/mol. The Labute approximate surface area is 122 Å². The Morgan fingerprint density at radius 3 is 2.80 bits per heavy atom. The van der Waals surface area contributed by atoms with E-state index >= 15 is 0 Å². The van der Waals surface area contributed by atoms with Gasteiger partial charge in [-0.3, -0.25) is 9.59 Å². The van der Waals surface area contributed by atoms with Gasteiger partial charge in [0.05, 0.1) is 5.75 Å². The van der Waals surface area contributed by atoms with Crippen LogP contribution in [0.2, 0.25) is 0 Å². The second kappa shape index (κ2) is 5.99. The maximum atomic E-state index is 11.9. The van der Waals surface area contributed by atoms with Crippen molar-refractivity contribution in [2.45, 2.75) is 55.8 Å². The lowest BCUT2D eigenvalue weighted by Crippen LogP contribution is -2.34. The van der Waals surface area contributed by atoms with Gasteiger partial charge in [-0.25, -0.2) is 0 Å². The first-order valence-corrected chi connectivity index (χ1v) is 8.22. The van der Waals surface area contributed by atoms with Crippen molar-refractivity contribution in [1.82, 2.24) is 14.9 Å². The second-order valence-corrected chi connectivity index (χ2v) is 6.47. The van der Waals surface area contributed by atoms with Gasteiger partial charge in [0, 0.05) is 24.3 Å². The monoisotopic (exact) mass is 293 g/mol. The highest BCUT2D eigenvalue weighted by Crippen LogP contribution is 2.36. The van der Waals surface area contributed by atoms with Crippen LogP contribution in [0, 0.1) is 0 Å². The van der Waals surface area contributed by atoms with Gasteiger partial charge in [0.15, 0.2) is 5.16 Å². The molecule has 0 atom stereocenters. The summed E-state index contributed by atoms with van der Waals surface area (Å²) in [6.45, 7) is 0. The lowest BCUT2D eigenvalue weighted by atomic mass is 10.2. The Kier molecular flexibility index (Phi) is 4.10. The van der Waals surface area contributed by atoms with E-state index in [0.29, 0.717) is 23.0 Å². The van der Waals surface area contributed by atoms with Crippen molar-refractivity contribution in [2.75, 3.05) is 5.75 Å². The smallest absolute Gasteiger partial charge is 0.273 e. The second-order valence-electron chi connectivity index (χ2n) is 5.52. The fourth-order valence-electron chi connectivity index (χ4n) is 2.60. The number of thioether (sulfide) groups is 1. The average molecular weight is 293 g/mol. The average Bonchev–Trinajstić information content (AvgIpc) is 3.15. The highest BCUT2D eigenvalue weighted by molar-refractivity contribution is 7.99. The van der Waals surface area contributed by atoms with E-state index in [9.17, 15) is 9.59 Å². The SMILES string of the molecule is O=C(CSc1nc(=O)ccn1C1CC1)NC1CCCC1. The van der Waals surface area contributed by atoms with Crippen LogP contribution in [0.5, 0.6) is 0 Å². The molecule has 0 saturated heterocycles. The molecule has 108 valence electrons. The lowest BCUT2D eigenvalue weighted by molar-refractivity contribution is -0.119. The van der Waals surface area contributed by atoms with Crippen LogP contribution in [0.25, 0.3) is 0 Å². The number of nitrogens with zero attached hydrogens (tertiary/aromatic N) is 2. The molecular formula is C14H19N3O2S. The standard InChI is InChI=1S/C14H19N3O2S/c18-12-7-8-17(11-5-6-11)14(16-12)20-9-13(19)15-10-3-1-2-4-10/h7-8,10-11H,1-6,9H2,(H,15,19). The van der Waals surface area contributed by atoms with Crippen LogP contribution in [-0.4, -0.2) is 27.3 Å². The van der Waals surface area contributed by atoms with Crippen LogP contribution >= 0.6 is 11.8 Å². The number of aromatic nitrogens is 2. The molecule has 1 aromatic rings. The number of amides is 1. The summed E-state index contributed by atoms with van der Waals surface area (Å²) < 4.78 is 2.02. The molecule has 2 aliphatic carbocycles. The van der Waals surface area contributed by atoms with Gasteiger partial charge in [-0.05, 0) is 25.7 Å². The molecule has 1 N–H and O–H groups in total. The molecule has 6 heteroatoms. The van der Waals surface area contributed by atoms with Crippen molar-refractivity contribution in [3.8, 4) is 0 Å². The van der Waals surface area contributed by atoms with Crippen LogP contribution in [-0.2, 0) is 4.79 Å². The summed E-state index contributed by atoms with van der Waals surface area (Å²) in [5, 5.41) is 3.72. The van der Waals surface area contributed by atoms with Gasteiger partial charge in [-0.1, -0.05) is 24.6 Å². The minimum absolute atomic E-state index is 0.0438. The fourth-order valence-corrected chi connectivity index (χ4v) is 3.46. The summed E-state index contributed by atoms with van der Waals surface area (Å²) in [5.41, 5.74) is -0.236. The zero-order valence-corrected chi connectivity index (χ0v) is 12.2. The molecule has 3 rings (SSSR count). The van der Waals surface area contributed by atoms with Crippen LogP contribution in [0.3, 0.4) is 0 Å². The molecule has 5 nitrogen and oxygen atoms in total. The summed E-state index contributed by atoms with van der Waals surface area (Å²) in [6, 6.07) is 2.29. The van der Waals surface area contributed by atoms with E-state index in [4.69, 9.17) is 0 Å². The van der Waals surface area contributed by atoms with Gasteiger partial charge in [0.1, 0.15) is 0 Å². The predicted molar refractivity (Wildman–Crippen MR) is 77.9 cm³/mol. The molecule has 2 fully saturated rings. The first kappa shape index (κ1) is 13.7. The molecule has 2 aliphatic rings. The third-order valence-electron chi connectivity index (χ3n) is 3.80. The van der Waals surface area contributed by atoms with Gasteiger partial charge in [0.2, 0.25) is 5.91 Å². The van der Waals surface area contributed by atoms with Gasteiger partial charge in [-0.15, -0.1) is 0 Å². The summed E-state index contributed by atoms with van der Waals surface area (Å²) in [6.07, 6.45) is 8.65. The minimum Gasteiger partial charge on any atom is -0.353 e. The highest BCUT2D eigenvalue weighted by Gasteiger charge is 2.25. The first-order valence-electron chi connectivity index (χ1n) is 7.24. The number of nitrogens with one attached hydrogen (secondary N) is 1. The van der Waals surface area contributed by atoms with E-state index in [2.05, 4.69) is 10.3 Å². The Bertz CT molecular complexity index is 548. The van der Waals surface area contributed by atoms with Crippen molar-refractivity contribution < 1.29 is 4.79 Å². The molecule has 0 radical (unpaired) electrons. The minimum atomic E-state index is -0.236. The third kappa shape index (κ3) is 3.42. The maximum Gasteiger partial charge on any atom is 0.273 e. The van der Waals surface area contributed by atoms with Gasteiger partial charge < -0.3 is 9.88 Å². The summed E-state index contributed by atoms with van der Waals surface area (Å²) in [5.74, 6) is 0.377. The molecule has 2 saturated carbocycles. The largest absolute Gasteiger partial charge is 0.353 e. The lowest BCUT2D eigenvalue weighted by Gasteiger charge is -2.13. The molecule has 0 aromatic carbocycles. The van der Waals surface area contributed by atoms with Crippen molar-refractivity contribution in [3.63, 3.8) is 0 Å². The molecule has 1 amide bonds. The molecule has 1 aromatic heterocycles. The van der Waals surface area contributed by atoms with Crippen molar-refractivity contribution in [1.29, 1.82) is 0 Å². The Morgan fingerprint density at radius 2 is 2.10 bits per heavy atom. The molecule has 20 heavy (non-hydrogen) atoms. The van der Waals surface area contributed by atoms with Crippen molar-refractivity contribution >= 4 is 17.7 Å². The molecule has 0 unspecified atom stereocenters. The number of carbonyl (C=O) groups is 1. The van der Waals surface area contributed by atoms with E-state index < -0.39 is 0 Å². The van der Waals surface area contributed by atoms with Gasteiger partial charge >= 0.3 is 0 Å². The van der Waals surface area contributed by atoms with E-state index in [1.54, 1.807) is 6.20 Å². The van der Waals surface area contributed by atoms with Crippen LogP contribution < -0.4 is 10.9 Å². The first-order chi connectivity index (χ1) is 9.72. The van der Waals surface area contributed by atoms with Crippen LogP contribution in [0.15, 0.2) is 22.2 Å². The predicted octanol–water partition coefficient (Wildman–Crippen LogP) is 1.73. The highest BCUT2D eigenvalue weighted by atomic mass is 32.2. The summed E-state index contributed by atoms with van der Waals surface area (Å²) >= 11 is 1.36. The Morgan fingerprint density at radius 1 is 1.35 bits per heavy atom. The third-order valence-corrected chi connectivity index (χ3v) is 4.76. The van der Waals surface area contributed by atoms with Gasteiger partial charge in [-0.2, -0.15) is 4.98 Å². The molecule has 1 heterocycles. The van der Waals surface area contributed by atoms with E-state index in [1.165, 1.54) is 30.7 Å². The van der Waals surface area contributed by atoms with E-state index in [1.807, 2.05) is 4.57 Å². The normalized spacial score (nSPS) is 19.2. The van der Waals surface area contributed by atoms with Crippen LogP contribution in [0.1, 0.15) is 44.6 Å². The van der Waals surface area contributed by atoms with Crippen molar-refractivity contribution in [2.24, 2.45) is 0 Å². The summed E-state index contributed by atoms with van der Waals surface area (Å²) in [4.78, 5) is 27.3. The number of hydrogen-bond acceptors (Lipinski definition) is 4. The fraction of sp³-hybridized carbons (Fsp3) is 0.643. The van der Waals surface area contributed by atoms with E-state index in [-0.39, 0.29) is 11.5 Å². The van der Waals surface area contributed by atoms with Crippen LogP contribution in [0.4, 0.5) is 0 Å². The topological polar surface area (TPSA) is 64.0 Å². The van der Waals surface area contributed by atoms with Crippen molar-refractivity contribution in [3.05, 3.63) is 22.6 Å². The van der Waals surface area contributed by atoms with E-state index in [0.717, 1.165) is 25.7 Å². The van der Waals surface area contributed by atoms with Gasteiger partial charge in [0.25, 0.3) is 5.56 Å². The molecule has 0 spiro atoms. The number of rotatable bonds is 5. The maximum absolute atomic E-state index is 11.9. The number of hydrogen-bond donors (Lipinski definition) is 1. The zero-order chi connectivity index (χ0) is 13.9. The Balaban J connectivity index is 1.58. The summed E-state index contributed by atoms with van der Waals surface area (Å²) in [7, 11) is 0. The zero-order valence-electron chi connectivity index (χ0n) is 11.4. The number of carbonyl (C=O) groups excluding carboxylic acids is 1. The molecule has 0 aliphatic heterocycles. The molecule has 0 bridgehead atoms.